The summed E-state index contributed by atoms with van der Waals surface area (Å²) in [5.74, 6) is -2.22. The third-order valence-corrected chi connectivity index (χ3v) is 6.25. The number of halogens is 2. The van der Waals surface area contributed by atoms with Crippen LogP contribution >= 0.6 is 0 Å². The number of carbonyl (C=O) groups is 1. The molecule has 8 heteroatoms. The highest BCUT2D eigenvalue weighted by Gasteiger charge is 2.18. The van der Waals surface area contributed by atoms with E-state index in [0.29, 0.717) is 22.2 Å². The molecule has 2 N–H and O–H groups in total. The summed E-state index contributed by atoms with van der Waals surface area (Å²) < 4.78 is 28.0. The van der Waals surface area contributed by atoms with Gasteiger partial charge in [-0.25, -0.2) is 8.78 Å². The third kappa shape index (κ3) is 4.55. The van der Waals surface area contributed by atoms with Crippen molar-refractivity contribution in [2.24, 2.45) is 0 Å². The van der Waals surface area contributed by atoms with Crippen LogP contribution in [0.15, 0.2) is 60.7 Å². The van der Waals surface area contributed by atoms with E-state index in [2.05, 4.69) is 32.4 Å². The van der Waals surface area contributed by atoms with Crippen LogP contribution in [0.25, 0.3) is 22.0 Å². The fraction of sp³-hybridized carbons (Fsp3) is 0.231. The summed E-state index contributed by atoms with van der Waals surface area (Å²) in [5.41, 5.74) is 3.27. The first-order chi connectivity index (χ1) is 16.5. The molecule has 1 fully saturated rings. The van der Waals surface area contributed by atoms with E-state index in [1.54, 1.807) is 18.2 Å². The van der Waals surface area contributed by atoms with Crippen molar-refractivity contribution >= 4 is 22.5 Å². The molecule has 0 radical (unpaired) electrons. The summed E-state index contributed by atoms with van der Waals surface area (Å²) in [7, 11) is 2.14. The van der Waals surface area contributed by atoms with Crippen LogP contribution in [0.4, 0.5) is 14.5 Å². The highest BCUT2D eigenvalue weighted by molar-refractivity contribution is 6.11. The largest absolute Gasteiger partial charge is 0.321 e. The number of aromatic nitrogens is 2. The van der Waals surface area contributed by atoms with E-state index in [-0.39, 0.29) is 17.2 Å². The number of amides is 1. The molecule has 0 atom stereocenters. The fourth-order valence-electron chi connectivity index (χ4n) is 4.23. The number of carbonyl (C=O) groups excluding carboxylic acids is 1. The number of rotatable bonds is 5. The maximum atomic E-state index is 14.3. The Kier molecular flexibility index (Phi) is 6.08. The van der Waals surface area contributed by atoms with Crippen LogP contribution in [-0.4, -0.2) is 59.1 Å². The molecule has 1 aliphatic heterocycles. The molecule has 3 aromatic carbocycles. The zero-order valence-corrected chi connectivity index (χ0v) is 18.8. The van der Waals surface area contributed by atoms with Crippen LogP contribution in [0.3, 0.4) is 0 Å². The number of fused-ring (bicyclic) bond motifs is 1. The Hall–Kier alpha value is -3.62. The van der Waals surface area contributed by atoms with Gasteiger partial charge in [0, 0.05) is 49.4 Å². The highest BCUT2D eigenvalue weighted by Crippen LogP contribution is 2.28. The smallest absolute Gasteiger partial charge is 0.276 e. The van der Waals surface area contributed by atoms with Gasteiger partial charge in [-0.1, -0.05) is 30.3 Å². The molecule has 2 heterocycles. The first-order valence-corrected chi connectivity index (χ1v) is 11.2. The number of anilines is 1. The molecule has 5 rings (SSSR count). The molecular weight excluding hydrogens is 436 g/mol. The Labute approximate surface area is 196 Å². The molecule has 0 saturated carbocycles. The zero-order valence-electron chi connectivity index (χ0n) is 18.8. The molecule has 4 aromatic rings. The lowest BCUT2D eigenvalue weighted by Crippen LogP contribution is -2.43. The minimum absolute atomic E-state index is 0.130. The average Bonchev–Trinajstić information content (AvgIpc) is 3.27. The van der Waals surface area contributed by atoms with Crippen LogP contribution in [0.1, 0.15) is 16.1 Å². The number of hydrogen-bond acceptors (Lipinski definition) is 4. The lowest BCUT2D eigenvalue weighted by atomic mass is 10.0. The van der Waals surface area contributed by atoms with Crippen molar-refractivity contribution in [2.75, 3.05) is 38.5 Å². The van der Waals surface area contributed by atoms with E-state index < -0.39 is 11.6 Å². The third-order valence-electron chi connectivity index (χ3n) is 6.25. The molecule has 1 saturated heterocycles. The summed E-state index contributed by atoms with van der Waals surface area (Å²) in [4.78, 5) is 17.7. The Bertz CT molecular complexity index is 1330. The number of piperazine rings is 1. The van der Waals surface area contributed by atoms with Gasteiger partial charge in [-0.2, -0.15) is 5.10 Å². The van der Waals surface area contributed by atoms with E-state index in [1.807, 2.05) is 24.3 Å². The van der Waals surface area contributed by atoms with Gasteiger partial charge in [-0.05, 0) is 48.5 Å². The van der Waals surface area contributed by atoms with Crippen molar-refractivity contribution in [3.63, 3.8) is 0 Å². The van der Waals surface area contributed by atoms with Gasteiger partial charge in [-0.15, -0.1) is 0 Å². The van der Waals surface area contributed by atoms with Crippen LogP contribution in [0.5, 0.6) is 0 Å². The van der Waals surface area contributed by atoms with Gasteiger partial charge in [0.2, 0.25) is 0 Å². The lowest BCUT2D eigenvalue weighted by Gasteiger charge is -2.32. The van der Waals surface area contributed by atoms with Crippen LogP contribution in [0, 0.1) is 11.6 Å². The normalized spacial score (nSPS) is 15.0. The van der Waals surface area contributed by atoms with Gasteiger partial charge in [0.25, 0.3) is 5.91 Å². The molecule has 0 unspecified atom stereocenters. The van der Waals surface area contributed by atoms with E-state index in [0.717, 1.165) is 38.8 Å². The summed E-state index contributed by atoms with van der Waals surface area (Å²) in [6.45, 7) is 5.11. The summed E-state index contributed by atoms with van der Waals surface area (Å²) in [6.07, 6.45) is 0. The van der Waals surface area contributed by atoms with Gasteiger partial charge in [0.05, 0.1) is 5.52 Å². The first-order valence-electron chi connectivity index (χ1n) is 11.2. The van der Waals surface area contributed by atoms with Crippen LogP contribution in [-0.2, 0) is 6.54 Å². The van der Waals surface area contributed by atoms with E-state index in [4.69, 9.17) is 0 Å². The number of likely N-dealkylation sites (N-methyl/N-ethyl adjacent to an activating group) is 1. The van der Waals surface area contributed by atoms with E-state index >= 15 is 0 Å². The standard InChI is InChI=1S/C26H25F2N5O/c1-32-11-13-33(14-12-32)16-17-5-8-19(9-6-17)29-26(34)25-21-15-18(7-10-23(21)30-31-25)20-3-2-4-22(27)24(20)28/h2-10,15H,11-14,16H2,1H3,(H,29,34)(H,30,31). The molecule has 0 spiro atoms. The number of benzene rings is 3. The number of nitrogens with one attached hydrogen (secondary N) is 2. The van der Waals surface area contributed by atoms with Gasteiger partial charge in [0.15, 0.2) is 17.3 Å². The zero-order chi connectivity index (χ0) is 23.7. The molecule has 6 nitrogen and oxygen atoms in total. The van der Waals surface area contributed by atoms with Crippen molar-refractivity contribution in [3.8, 4) is 11.1 Å². The van der Waals surface area contributed by atoms with Gasteiger partial charge in [-0.3, -0.25) is 14.8 Å². The Morgan fingerprint density at radius 2 is 1.79 bits per heavy atom. The van der Waals surface area contributed by atoms with Crippen molar-refractivity contribution < 1.29 is 13.6 Å². The topological polar surface area (TPSA) is 64.3 Å². The second-order valence-electron chi connectivity index (χ2n) is 8.66. The molecule has 1 aliphatic rings. The second-order valence-corrected chi connectivity index (χ2v) is 8.66. The minimum Gasteiger partial charge on any atom is -0.321 e. The molecular formula is C26H25F2N5O. The second kappa shape index (κ2) is 9.32. The first kappa shape index (κ1) is 22.2. The summed E-state index contributed by atoms with van der Waals surface area (Å²) >= 11 is 0. The molecule has 1 aromatic heterocycles. The van der Waals surface area contributed by atoms with Crippen LogP contribution < -0.4 is 5.32 Å². The van der Waals surface area contributed by atoms with E-state index in [1.165, 1.54) is 17.7 Å². The highest BCUT2D eigenvalue weighted by atomic mass is 19.2. The van der Waals surface area contributed by atoms with Crippen molar-refractivity contribution in [3.05, 3.63) is 83.6 Å². The number of H-pyrrole nitrogens is 1. The van der Waals surface area contributed by atoms with Gasteiger partial charge in [0.1, 0.15) is 0 Å². The summed E-state index contributed by atoms with van der Waals surface area (Å²) in [6, 6.07) is 16.8. The Morgan fingerprint density at radius 3 is 2.56 bits per heavy atom. The average molecular weight is 462 g/mol. The number of nitrogens with zero attached hydrogens (tertiary/aromatic N) is 3. The molecule has 34 heavy (non-hydrogen) atoms. The number of hydrogen-bond donors (Lipinski definition) is 2. The molecule has 0 bridgehead atoms. The number of aromatic amines is 1. The van der Waals surface area contributed by atoms with Gasteiger partial charge < -0.3 is 10.2 Å². The van der Waals surface area contributed by atoms with Gasteiger partial charge >= 0.3 is 0 Å². The van der Waals surface area contributed by atoms with Crippen molar-refractivity contribution in [2.45, 2.75) is 6.54 Å². The predicted octanol–water partition coefficient (Wildman–Crippen LogP) is 4.51. The SMILES string of the molecule is CN1CCN(Cc2ccc(NC(=O)c3n[nH]c4ccc(-c5cccc(F)c5F)cc34)cc2)CC1. The summed E-state index contributed by atoms with van der Waals surface area (Å²) in [5, 5.41) is 10.4. The Morgan fingerprint density at radius 1 is 1.03 bits per heavy atom. The van der Waals surface area contributed by atoms with E-state index in [9.17, 15) is 13.6 Å². The maximum absolute atomic E-state index is 14.3. The van der Waals surface area contributed by atoms with Crippen molar-refractivity contribution in [1.82, 2.24) is 20.0 Å². The Balaban J connectivity index is 1.32. The minimum atomic E-state index is -0.923. The predicted molar refractivity (Wildman–Crippen MR) is 129 cm³/mol. The quantitative estimate of drug-likeness (QED) is 0.459. The van der Waals surface area contributed by atoms with Crippen molar-refractivity contribution in [1.29, 1.82) is 0 Å². The van der Waals surface area contributed by atoms with Crippen LogP contribution in [0.2, 0.25) is 0 Å². The molecule has 0 aliphatic carbocycles. The molecule has 1 amide bonds. The molecule has 174 valence electrons. The maximum Gasteiger partial charge on any atom is 0.276 e. The fourth-order valence-corrected chi connectivity index (χ4v) is 4.23. The monoisotopic (exact) mass is 461 g/mol. The lowest BCUT2D eigenvalue weighted by molar-refractivity contribution is 0.102.